The van der Waals surface area contributed by atoms with Crippen molar-refractivity contribution in [2.24, 2.45) is 0 Å². The molecule has 0 aliphatic heterocycles. The second kappa shape index (κ2) is 6.00. The van der Waals surface area contributed by atoms with Crippen molar-refractivity contribution in [3.63, 3.8) is 0 Å². The minimum atomic E-state index is -4.71. The Hall–Kier alpha value is -2.29. The number of methoxy groups -OCH3 is 1. The van der Waals surface area contributed by atoms with Crippen LogP contribution in [0.5, 0.6) is 0 Å². The Morgan fingerprint density at radius 1 is 1.43 bits per heavy atom. The number of hydrogen-bond acceptors (Lipinski definition) is 6. The molecule has 0 radical (unpaired) electrons. The largest absolute Gasteiger partial charge is 0.471 e. The van der Waals surface area contributed by atoms with Gasteiger partial charge in [0, 0.05) is 18.9 Å². The SMILES string of the molecule is COCCc1cc(-c2noc(C(F)(F)F)n2)cnc1C=O. The summed E-state index contributed by atoms with van der Waals surface area (Å²) in [5.74, 6) is -1.68. The van der Waals surface area contributed by atoms with Crippen LogP contribution >= 0.6 is 0 Å². The van der Waals surface area contributed by atoms with Crippen molar-refractivity contribution in [1.29, 1.82) is 0 Å². The predicted octanol–water partition coefficient (Wildman–Crippen LogP) is 2.15. The molecule has 2 heterocycles. The van der Waals surface area contributed by atoms with E-state index in [1.54, 1.807) is 0 Å². The summed E-state index contributed by atoms with van der Waals surface area (Å²) in [6, 6.07) is 1.49. The van der Waals surface area contributed by atoms with Gasteiger partial charge in [0.05, 0.1) is 6.61 Å². The second-order valence-corrected chi connectivity index (χ2v) is 4.05. The van der Waals surface area contributed by atoms with Gasteiger partial charge in [0.15, 0.2) is 6.29 Å². The fraction of sp³-hybridized carbons (Fsp3) is 0.333. The summed E-state index contributed by atoms with van der Waals surface area (Å²) >= 11 is 0. The first-order valence-corrected chi connectivity index (χ1v) is 5.80. The summed E-state index contributed by atoms with van der Waals surface area (Å²) < 4.78 is 46.3. The standard InChI is InChI=1S/C12H10F3N3O3/c1-20-3-2-7-4-8(5-16-9(7)6-19)10-17-11(21-18-10)12(13,14)15/h4-6H,2-3H2,1H3. The van der Waals surface area contributed by atoms with E-state index in [2.05, 4.69) is 19.6 Å². The van der Waals surface area contributed by atoms with Gasteiger partial charge in [-0.1, -0.05) is 5.16 Å². The van der Waals surface area contributed by atoms with Crippen molar-refractivity contribution in [3.8, 4) is 11.4 Å². The zero-order valence-corrected chi connectivity index (χ0v) is 10.8. The lowest BCUT2D eigenvalue weighted by molar-refractivity contribution is -0.159. The Labute approximate surface area is 116 Å². The maximum atomic E-state index is 12.4. The molecule has 21 heavy (non-hydrogen) atoms. The van der Waals surface area contributed by atoms with Crippen molar-refractivity contribution < 1.29 is 27.2 Å². The molecular formula is C12H10F3N3O3. The molecule has 2 rings (SSSR count). The summed E-state index contributed by atoms with van der Waals surface area (Å²) in [6.07, 6.45) is -2.55. The number of halogens is 3. The summed E-state index contributed by atoms with van der Waals surface area (Å²) in [4.78, 5) is 18.0. The van der Waals surface area contributed by atoms with Gasteiger partial charge in [0.2, 0.25) is 5.82 Å². The van der Waals surface area contributed by atoms with Gasteiger partial charge in [-0.15, -0.1) is 0 Å². The summed E-state index contributed by atoms with van der Waals surface area (Å²) in [6.45, 7) is 0.339. The molecule has 0 spiro atoms. The number of carbonyl (C=O) groups excluding carboxylic acids is 1. The second-order valence-electron chi connectivity index (χ2n) is 4.05. The molecule has 0 amide bonds. The minimum Gasteiger partial charge on any atom is -0.384 e. The summed E-state index contributed by atoms with van der Waals surface area (Å²) in [7, 11) is 1.49. The van der Waals surface area contributed by atoms with Crippen molar-refractivity contribution in [3.05, 3.63) is 29.4 Å². The molecule has 0 N–H and O–H groups in total. The van der Waals surface area contributed by atoms with Gasteiger partial charge >= 0.3 is 12.1 Å². The Morgan fingerprint density at radius 2 is 2.19 bits per heavy atom. The van der Waals surface area contributed by atoms with Crippen LogP contribution in [0.4, 0.5) is 13.2 Å². The van der Waals surface area contributed by atoms with E-state index in [4.69, 9.17) is 4.74 Å². The minimum absolute atomic E-state index is 0.190. The molecule has 0 atom stereocenters. The normalized spacial score (nSPS) is 11.6. The van der Waals surface area contributed by atoms with E-state index in [0.29, 0.717) is 24.9 Å². The van der Waals surface area contributed by atoms with Gasteiger partial charge in [-0.2, -0.15) is 18.2 Å². The fourth-order valence-corrected chi connectivity index (χ4v) is 1.62. The average Bonchev–Trinajstić information content (AvgIpc) is 2.94. The van der Waals surface area contributed by atoms with Crippen LogP contribution < -0.4 is 0 Å². The van der Waals surface area contributed by atoms with Crippen molar-refractivity contribution in [2.45, 2.75) is 12.6 Å². The first-order chi connectivity index (χ1) is 9.95. The third-order valence-electron chi connectivity index (χ3n) is 2.62. The van der Waals surface area contributed by atoms with Crippen LogP contribution in [0.15, 0.2) is 16.8 Å². The Morgan fingerprint density at radius 3 is 2.76 bits per heavy atom. The molecule has 2 aromatic rings. The monoisotopic (exact) mass is 301 g/mol. The van der Waals surface area contributed by atoms with E-state index in [1.807, 2.05) is 0 Å². The van der Waals surface area contributed by atoms with Crippen molar-refractivity contribution in [1.82, 2.24) is 15.1 Å². The number of aromatic nitrogens is 3. The average molecular weight is 301 g/mol. The molecule has 0 saturated carbocycles. The van der Waals surface area contributed by atoms with Crippen LogP contribution in [0.3, 0.4) is 0 Å². The number of nitrogens with zero attached hydrogens (tertiary/aromatic N) is 3. The maximum absolute atomic E-state index is 12.4. The van der Waals surface area contributed by atoms with Crippen LogP contribution in [0.1, 0.15) is 21.9 Å². The van der Waals surface area contributed by atoms with Gasteiger partial charge in [-0.25, -0.2) is 0 Å². The molecule has 0 aliphatic carbocycles. The molecule has 112 valence electrons. The molecule has 6 nitrogen and oxygen atoms in total. The van der Waals surface area contributed by atoms with E-state index in [-0.39, 0.29) is 17.1 Å². The van der Waals surface area contributed by atoms with E-state index in [9.17, 15) is 18.0 Å². The number of carbonyl (C=O) groups is 1. The number of pyridine rings is 1. The molecule has 2 aromatic heterocycles. The molecule has 9 heteroatoms. The van der Waals surface area contributed by atoms with E-state index in [0.717, 1.165) is 0 Å². The fourth-order valence-electron chi connectivity index (χ4n) is 1.62. The van der Waals surface area contributed by atoms with Crippen LogP contribution in [0.25, 0.3) is 11.4 Å². The molecule has 0 aromatic carbocycles. The van der Waals surface area contributed by atoms with Gasteiger partial charge < -0.3 is 9.26 Å². The third kappa shape index (κ3) is 3.43. The summed E-state index contributed by atoms with van der Waals surface area (Å²) in [5.41, 5.74) is 0.948. The maximum Gasteiger partial charge on any atom is 0.471 e. The van der Waals surface area contributed by atoms with Crippen molar-refractivity contribution >= 4 is 6.29 Å². The quantitative estimate of drug-likeness (QED) is 0.787. The lowest BCUT2D eigenvalue weighted by Crippen LogP contribution is -2.05. The van der Waals surface area contributed by atoms with E-state index >= 15 is 0 Å². The molecule has 0 unspecified atom stereocenters. The third-order valence-corrected chi connectivity index (χ3v) is 2.62. The highest BCUT2D eigenvalue weighted by atomic mass is 19.4. The number of ether oxygens (including phenoxy) is 1. The molecule has 0 aliphatic rings. The topological polar surface area (TPSA) is 78.1 Å². The van der Waals surface area contributed by atoms with Crippen LogP contribution in [0.2, 0.25) is 0 Å². The highest BCUT2D eigenvalue weighted by molar-refractivity contribution is 5.75. The molecular weight excluding hydrogens is 291 g/mol. The Kier molecular flexibility index (Phi) is 4.32. The molecule has 0 bridgehead atoms. The van der Waals surface area contributed by atoms with E-state index in [1.165, 1.54) is 19.4 Å². The molecule has 0 fully saturated rings. The van der Waals surface area contributed by atoms with Gasteiger partial charge in [0.1, 0.15) is 5.69 Å². The number of aldehydes is 1. The number of rotatable bonds is 5. The van der Waals surface area contributed by atoms with Gasteiger partial charge in [-0.3, -0.25) is 9.78 Å². The van der Waals surface area contributed by atoms with Crippen LogP contribution in [-0.4, -0.2) is 35.1 Å². The lowest BCUT2D eigenvalue weighted by atomic mass is 10.1. The first-order valence-electron chi connectivity index (χ1n) is 5.80. The van der Waals surface area contributed by atoms with Gasteiger partial charge in [-0.05, 0) is 18.1 Å². The van der Waals surface area contributed by atoms with E-state index < -0.39 is 12.1 Å². The summed E-state index contributed by atoms with van der Waals surface area (Å²) in [5, 5.41) is 3.26. The zero-order chi connectivity index (χ0) is 15.5. The number of alkyl halides is 3. The lowest BCUT2D eigenvalue weighted by Gasteiger charge is -2.04. The van der Waals surface area contributed by atoms with Crippen molar-refractivity contribution in [2.75, 3.05) is 13.7 Å². The highest BCUT2D eigenvalue weighted by Crippen LogP contribution is 2.29. The Bertz CT molecular complexity index is 640. The van der Waals surface area contributed by atoms with Gasteiger partial charge in [0.25, 0.3) is 0 Å². The highest BCUT2D eigenvalue weighted by Gasteiger charge is 2.38. The predicted molar refractivity (Wildman–Crippen MR) is 63.5 cm³/mol. The van der Waals surface area contributed by atoms with Crippen LogP contribution in [0, 0.1) is 0 Å². The first kappa shape index (κ1) is 15.1. The van der Waals surface area contributed by atoms with Crippen LogP contribution in [-0.2, 0) is 17.3 Å². The Balaban J connectivity index is 2.35. The smallest absolute Gasteiger partial charge is 0.384 e. The number of hydrogen-bond donors (Lipinski definition) is 0. The molecule has 0 saturated heterocycles. The zero-order valence-electron chi connectivity index (χ0n) is 10.8.